The van der Waals surface area contributed by atoms with Crippen LogP contribution in [0.4, 0.5) is 10.1 Å². The minimum atomic E-state index is -0.305. The molecular weight excluding hydrogens is 319 g/mol. The Morgan fingerprint density at radius 3 is 2.44 bits per heavy atom. The van der Waals surface area contributed by atoms with Gasteiger partial charge in [0.05, 0.1) is 11.8 Å². The number of carbonyl (C=O) groups is 2. The third-order valence-electron chi connectivity index (χ3n) is 4.49. The van der Waals surface area contributed by atoms with Gasteiger partial charge in [-0.15, -0.1) is 0 Å². The van der Waals surface area contributed by atoms with E-state index in [0.717, 1.165) is 22.4 Å². The summed E-state index contributed by atoms with van der Waals surface area (Å²) in [7, 11) is 0. The Morgan fingerprint density at radius 1 is 1.04 bits per heavy atom. The highest BCUT2D eigenvalue weighted by Gasteiger charge is 2.47. The molecule has 1 aliphatic rings. The summed E-state index contributed by atoms with van der Waals surface area (Å²) in [4.78, 5) is 24.5. The molecule has 4 nitrogen and oxygen atoms in total. The molecule has 25 heavy (non-hydrogen) atoms. The molecule has 1 fully saturated rings. The van der Waals surface area contributed by atoms with Crippen molar-refractivity contribution in [2.24, 2.45) is 11.8 Å². The summed E-state index contributed by atoms with van der Waals surface area (Å²) >= 11 is 0. The maximum Gasteiger partial charge on any atom is 0.228 e. The molecule has 2 amide bonds. The number of hydrogen-bond donors (Lipinski definition) is 2. The molecule has 0 saturated heterocycles. The zero-order valence-corrected chi connectivity index (χ0v) is 14.3. The van der Waals surface area contributed by atoms with Gasteiger partial charge in [-0.05, 0) is 55.2 Å². The van der Waals surface area contributed by atoms with E-state index in [-0.39, 0.29) is 29.5 Å². The first-order valence-corrected chi connectivity index (χ1v) is 8.34. The van der Waals surface area contributed by atoms with E-state index in [1.165, 1.54) is 12.1 Å². The molecule has 3 rings (SSSR count). The number of amides is 2. The van der Waals surface area contributed by atoms with Crippen LogP contribution in [-0.2, 0) is 16.1 Å². The van der Waals surface area contributed by atoms with E-state index in [2.05, 4.69) is 10.6 Å². The van der Waals surface area contributed by atoms with Crippen LogP contribution in [0.15, 0.2) is 42.5 Å². The van der Waals surface area contributed by atoms with E-state index in [0.29, 0.717) is 13.0 Å². The lowest BCUT2D eigenvalue weighted by Crippen LogP contribution is -2.27. The summed E-state index contributed by atoms with van der Waals surface area (Å²) in [5.74, 6) is -1.12. The maximum absolute atomic E-state index is 12.9. The molecule has 0 aromatic heterocycles. The van der Waals surface area contributed by atoms with Crippen LogP contribution < -0.4 is 10.6 Å². The number of nitrogens with one attached hydrogen (secondary N) is 2. The molecule has 2 unspecified atom stereocenters. The summed E-state index contributed by atoms with van der Waals surface area (Å²) < 4.78 is 12.9. The fourth-order valence-electron chi connectivity index (χ4n) is 2.79. The minimum absolute atomic E-state index is 0.115. The van der Waals surface area contributed by atoms with Crippen molar-refractivity contribution in [1.29, 1.82) is 0 Å². The largest absolute Gasteiger partial charge is 0.352 e. The second-order valence-electron chi connectivity index (χ2n) is 6.60. The first-order valence-electron chi connectivity index (χ1n) is 8.34. The van der Waals surface area contributed by atoms with Crippen LogP contribution >= 0.6 is 0 Å². The fourth-order valence-corrected chi connectivity index (χ4v) is 2.79. The number of rotatable bonds is 5. The van der Waals surface area contributed by atoms with Crippen LogP contribution in [-0.4, -0.2) is 11.8 Å². The topological polar surface area (TPSA) is 58.2 Å². The van der Waals surface area contributed by atoms with Crippen LogP contribution in [0.5, 0.6) is 0 Å². The first-order chi connectivity index (χ1) is 11.9. The standard InChI is InChI=1S/C20H21FN2O2/c1-12-3-4-13(2)18(9-12)23-20(25)17-10-16(17)19(24)22-11-14-5-7-15(21)8-6-14/h3-9,16-17H,10-11H2,1-2H3,(H,22,24)(H,23,25). The number of benzene rings is 2. The average molecular weight is 340 g/mol. The van der Waals surface area contributed by atoms with Crippen LogP contribution in [0.25, 0.3) is 0 Å². The van der Waals surface area contributed by atoms with Crippen LogP contribution in [0.2, 0.25) is 0 Å². The number of aryl methyl sites for hydroxylation is 2. The van der Waals surface area contributed by atoms with Crippen molar-refractivity contribution in [2.75, 3.05) is 5.32 Å². The molecular formula is C20H21FN2O2. The normalized spacial score (nSPS) is 18.5. The van der Waals surface area contributed by atoms with E-state index in [1.54, 1.807) is 12.1 Å². The minimum Gasteiger partial charge on any atom is -0.352 e. The molecule has 0 spiro atoms. The van der Waals surface area contributed by atoms with Gasteiger partial charge >= 0.3 is 0 Å². The molecule has 130 valence electrons. The van der Waals surface area contributed by atoms with Gasteiger partial charge in [-0.3, -0.25) is 9.59 Å². The van der Waals surface area contributed by atoms with Crippen LogP contribution in [0.3, 0.4) is 0 Å². The van der Waals surface area contributed by atoms with Crippen molar-refractivity contribution in [1.82, 2.24) is 5.32 Å². The summed E-state index contributed by atoms with van der Waals surface area (Å²) in [5, 5.41) is 5.73. The Morgan fingerprint density at radius 2 is 1.72 bits per heavy atom. The summed E-state index contributed by atoms with van der Waals surface area (Å²) in [5.41, 5.74) is 3.69. The highest BCUT2D eigenvalue weighted by Crippen LogP contribution is 2.39. The summed E-state index contributed by atoms with van der Waals surface area (Å²) in [6, 6.07) is 11.9. The van der Waals surface area contributed by atoms with Crippen molar-refractivity contribution in [3.63, 3.8) is 0 Å². The van der Waals surface area contributed by atoms with Crippen LogP contribution in [0, 0.1) is 31.5 Å². The van der Waals surface area contributed by atoms with Gasteiger partial charge in [-0.1, -0.05) is 24.3 Å². The van der Waals surface area contributed by atoms with Crippen molar-refractivity contribution in [2.45, 2.75) is 26.8 Å². The van der Waals surface area contributed by atoms with Crippen LogP contribution in [0.1, 0.15) is 23.1 Å². The van der Waals surface area contributed by atoms with E-state index in [4.69, 9.17) is 0 Å². The summed E-state index contributed by atoms with van der Waals surface area (Å²) in [6.07, 6.45) is 0.561. The molecule has 0 radical (unpaired) electrons. The number of anilines is 1. The van der Waals surface area contributed by atoms with Gasteiger partial charge in [0.15, 0.2) is 0 Å². The van der Waals surface area contributed by atoms with Gasteiger partial charge in [0.25, 0.3) is 0 Å². The molecule has 0 aliphatic heterocycles. The van der Waals surface area contributed by atoms with Crippen molar-refractivity contribution in [3.05, 3.63) is 65.0 Å². The average Bonchev–Trinajstić information content (AvgIpc) is 3.38. The van der Waals surface area contributed by atoms with Crippen molar-refractivity contribution < 1.29 is 14.0 Å². The van der Waals surface area contributed by atoms with Crippen molar-refractivity contribution in [3.8, 4) is 0 Å². The Kier molecular flexibility index (Phi) is 4.83. The number of hydrogen-bond acceptors (Lipinski definition) is 2. The molecule has 2 atom stereocenters. The lowest BCUT2D eigenvalue weighted by atomic mass is 10.1. The Labute approximate surface area is 146 Å². The predicted octanol–water partition coefficient (Wildman–Crippen LogP) is 3.33. The SMILES string of the molecule is Cc1ccc(C)c(NC(=O)C2CC2C(=O)NCc2ccc(F)cc2)c1. The lowest BCUT2D eigenvalue weighted by Gasteiger charge is -2.09. The van der Waals surface area contributed by atoms with E-state index >= 15 is 0 Å². The van der Waals surface area contributed by atoms with Gasteiger partial charge < -0.3 is 10.6 Å². The second kappa shape index (κ2) is 7.05. The third kappa shape index (κ3) is 4.24. The Hall–Kier alpha value is -2.69. The molecule has 2 aromatic carbocycles. The molecule has 0 heterocycles. The van der Waals surface area contributed by atoms with E-state index in [1.807, 2.05) is 32.0 Å². The van der Waals surface area contributed by atoms with E-state index in [9.17, 15) is 14.0 Å². The molecule has 0 bridgehead atoms. The Bertz CT molecular complexity index is 802. The predicted molar refractivity (Wildman–Crippen MR) is 94.4 cm³/mol. The monoisotopic (exact) mass is 340 g/mol. The quantitative estimate of drug-likeness (QED) is 0.877. The fraction of sp³-hybridized carbons (Fsp3) is 0.300. The van der Waals surface area contributed by atoms with E-state index < -0.39 is 0 Å². The van der Waals surface area contributed by atoms with Gasteiger partial charge in [0.2, 0.25) is 11.8 Å². The zero-order chi connectivity index (χ0) is 18.0. The molecule has 5 heteroatoms. The van der Waals surface area contributed by atoms with Gasteiger partial charge in [0.1, 0.15) is 5.82 Å². The lowest BCUT2D eigenvalue weighted by molar-refractivity contribution is -0.125. The first kappa shape index (κ1) is 17.1. The van der Waals surface area contributed by atoms with Gasteiger partial charge in [-0.2, -0.15) is 0 Å². The highest BCUT2D eigenvalue weighted by molar-refractivity contribution is 5.99. The van der Waals surface area contributed by atoms with Crippen molar-refractivity contribution >= 4 is 17.5 Å². The molecule has 2 N–H and O–H groups in total. The summed E-state index contributed by atoms with van der Waals surface area (Å²) in [6.45, 7) is 4.24. The molecule has 2 aromatic rings. The highest BCUT2D eigenvalue weighted by atomic mass is 19.1. The number of carbonyl (C=O) groups excluding carboxylic acids is 2. The molecule has 1 aliphatic carbocycles. The zero-order valence-electron chi connectivity index (χ0n) is 14.3. The Balaban J connectivity index is 1.51. The maximum atomic E-state index is 12.9. The third-order valence-corrected chi connectivity index (χ3v) is 4.49. The second-order valence-corrected chi connectivity index (χ2v) is 6.60. The molecule has 1 saturated carbocycles. The van der Waals surface area contributed by atoms with Gasteiger partial charge in [0, 0.05) is 12.2 Å². The van der Waals surface area contributed by atoms with Gasteiger partial charge in [-0.25, -0.2) is 4.39 Å². The smallest absolute Gasteiger partial charge is 0.228 e. The number of halogens is 1.